The van der Waals surface area contributed by atoms with E-state index in [1.54, 1.807) is 11.3 Å². The van der Waals surface area contributed by atoms with Gasteiger partial charge >= 0.3 is 0 Å². The Morgan fingerprint density at radius 3 is 2.61 bits per heavy atom. The van der Waals surface area contributed by atoms with E-state index >= 15 is 0 Å². The highest BCUT2D eigenvalue weighted by molar-refractivity contribution is 9.11. The highest BCUT2D eigenvalue weighted by atomic mass is 79.9. The minimum Gasteiger partial charge on any atom is -0.271 e. The maximum atomic E-state index is 5.68. The van der Waals surface area contributed by atoms with Crippen molar-refractivity contribution < 1.29 is 0 Å². The molecule has 0 spiro atoms. The van der Waals surface area contributed by atoms with Crippen LogP contribution in [0.2, 0.25) is 0 Å². The molecule has 0 bridgehead atoms. The van der Waals surface area contributed by atoms with Crippen LogP contribution in [-0.4, -0.2) is 0 Å². The van der Waals surface area contributed by atoms with E-state index in [4.69, 9.17) is 5.84 Å². The molecule has 0 radical (unpaired) electrons. The number of benzene rings is 1. The Bertz CT molecular complexity index is 540. The number of aryl methyl sites for hydroxylation is 1. The third kappa shape index (κ3) is 3.42. The monoisotopic (exact) mass is 388 g/mol. The molecular formula is C13H14Br2N2S. The van der Waals surface area contributed by atoms with Gasteiger partial charge in [-0.2, -0.15) is 0 Å². The van der Waals surface area contributed by atoms with Crippen molar-refractivity contribution in [2.24, 2.45) is 5.84 Å². The average molecular weight is 390 g/mol. The van der Waals surface area contributed by atoms with Gasteiger partial charge in [0.15, 0.2) is 0 Å². The zero-order valence-corrected chi connectivity index (χ0v) is 13.9. The Morgan fingerprint density at radius 2 is 2.06 bits per heavy atom. The van der Waals surface area contributed by atoms with Crippen molar-refractivity contribution in [2.75, 3.05) is 0 Å². The summed E-state index contributed by atoms with van der Waals surface area (Å²) in [6.07, 6.45) is 0.897. The Hall–Kier alpha value is -0.200. The van der Waals surface area contributed by atoms with Crippen molar-refractivity contribution in [1.82, 2.24) is 5.43 Å². The van der Waals surface area contributed by atoms with Crippen molar-refractivity contribution in [3.8, 4) is 0 Å². The minimum atomic E-state index is 0.141. The fourth-order valence-electron chi connectivity index (χ4n) is 1.82. The minimum absolute atomic E-state index is 0.141. The fraction of sp³-hybridized carbons (Fsp3) is 0.231. The molecule has 0 amide bonds. The number of hydrogen-bond acceptors (Lipinski definition) is 3. The number of halogens is 2. The van der Waals surface area contributed by atoms with Gasteiger partial charge in [-0.3, -0.25) is 11.3 Å². The molecule has 0 saturated heterocycles. The predicted octanol–water partition coefficient (Wildman–Crippen LogP) is 4.33. The van der Waals surface area contributed by atoms with Crippen LogP contribution < -0.4 is 11.3 Å². The normalized spacial score (nSPS) is 12.7. The summed E-state index contributed by atoms with van der Waals surface area (Å²) in [6, 6.07) is 10.7. The molecule has 18 heavy (non-hydrogen) atoms. The molecule has 1 aromatic heterocycles. The Labute approximate surface area is 128 Å². The molecule has 0 saturated carbocycles. The molecule has 96 valence electrons. The van der Waals surface area contributed by atoms with Gasteiger partial charge in [-0.25, -0.2) is 0 Å². The maximum absolute atomic E-state index is 5.68. The average Bonchev–Trinajstić information content (AvgIpc) is 2.75. The Morgan fingerprint density at radius 1 is 1.28 bits per heavy atom. The van der Waals surface area contributed by atoms with Crippen LogP contribution in [0, 0.1) is 6.92 Å². The van der Waals surface area contributed by atoms with Gasteiger partial charge in [0, 0.05) is 15.8 Å². The van der Waals surface area contributed by atoms with Gasteiger partial charge in [-0.05, 0) is 52.2 Å². The van der Waals surface area contributed by atoms with Gasteiger partial charge in [0.25, 0.3) is 0 Å². The van der Waals surface area contributed by atoms with E-state index in [9.17, 15) is 0 Å². The topological polar surface area (TPSA) is 38.0 Å². The summed E-state index contributed by atoms with van der Waals surface area (Å²) in [6.45, 7) is 2.09. The predicted molar refractivity (Wildman–Crippen MR) is 84.7 cm³/mol. The van der Waals surface area contributed by atoms with Crippen molar-refractivity contribution in [2.45, 2.75) is 19.4 Å². The van der Waals surface area contributed by atoms with Crippen LogP contribution >= 0.6 is 43.2 Å². The van der Waals surface area contributed by atoms with Crippen molar-refractivity contribution in [3.05, 3.63) is 54.6 Å². The summed E-state index contributed by atoms with van der Waals surface area (Å²) in [7, 11) is 0. The highest BCUT2D eigenvalue weighted by Crippen LogP contribution is 2.28. The van der Waals surface area contributed by atoms with Crippen LogP contribution in [0.25, 0.3) is 0 Å². The van der Waals surface area contributed by atoms with Crippen LogP contribution in [0.4, 0.5) is 0 Å². The lowest BCUT2D eigenvalue weighted by atomic mass is 10.0. The number of hydrazine groups is 1. The summed E-state index contributed by atoms with van der Waals surface area (Å²) >= 11 is 8.74. The second-order valence-electron chi connectivity index (χ2n) is 4.14. The molecule has 1 atom stereocenters. The lowest BCUT2D eigenvalue weighted by molar-refractivity contribution is 0.555. The molecule has 1 unspecified atom stereocenters. The first-order valence-electron chi connectivity index (χ1n) is 5.56. The number of nitrogens with two attached hydrogens (primary N) is 1. The Balaban J connectivity index is 2.19. The third-order valence-electron chi connectivity index (χ3n) is 2.82. The number of hydrogen-bond donors (Lipinski definition) is 2. The van der Waals surface area contributed by atoms with Crippen LogP contribution in [0.5, 0.6) is 0 Å². The summed E-state index contributed by atoms with van der Waals surface area (Å²) in [5.41, 5.74) is 5.33. The van der Waals surface area contributed by atoms with Crippen LogP contribution in [0.15, 0.2) is 38.6 Å². The molecular weight excluding hydrogens is 376 g/mol. The Kier molecular flexibility index (Phi) is 4.98. The molecule has 0 aliphatic heterocycles. The third-order valence-corrected chi connectivity index (χ3v) is 5.36. The molecule has 2 aromatic rings. The quantitative estimate of drug-likeness (QED) is 0.603. The molecule has 3 N–H and O–H groups in total. The SMILES string of the molecule is Cc1cc(C(Cc2ccc(Br)s2)NN)ccc1Br. The van der Waals surface area contributed by atoms with Crippen molar-refractivity contribution in [1.29, 1.82) is 0 Å². The maximum Gasteiger partial charge on any atom is 0.0701 e. The molecule has 0 aliphatic rings. The van der Waals surface area contributed by atoms with Gasteiger partial charge in [-0.15, -0.1) is 11.3 Å². The number of thiophene rings is 1. The summed E-state index contributed by atoms with van der Waals surface area (Å²) < 4.78 is 2.28. The molecule has 1 heterocycles. The van der Waals surface area contributed by atoms with E-state index in [0.29, 0.717) is 0 Å². The van der Waals surface area contributed by atoms with Crippen LogP contribution in [-0.2, 0) is 6.42 Å². The zero-order valence-electron chi connectivity index (χ0n) is 9.91. The summed E-state index contributed by atoms with van der Waals surface area (Å²) in [4.78, 5) is 1.31. The van der Waals surface area contributed by atoms with Crippen molar-refractivity contribution in [3.63, 3.8) is 0 Å². The lowest BCUT2D eigenvalue weighted by Crippen LogP contribution is -2.29. The smallest absolute Gasteiger partial charge is 0.0701 e. The first-order valence-corrected chi connectivity index (χ1v) is 7.97. The lowest BCUT2D eigenvalue weighted by Gasteiger charge is -2.16. The zero-order chi connectivity index (χ0) is 13.1. The van der Waals surface area contributed by atoms with Gasteiger partial charge in [0.1, 0.15) is 0 Å². The second kappa shape index (κ2) is 6.30. The van der Waals surface area contributed by atoms with Crippen LogP contribution in [0.3, 0.4) is 0 Å². The first-order chi connectivity index (χ1) is 8.60. The summed E-state index contributed by atoms with van der Waals surface area (Å²) in [5.74, 6) is 5.68. The van der Waals surface area contributed by atoms with Crippen molar-refractivity contribution >= 4 is 43.2 Å². The number of nitrogens with one attached hydrogen (secondary N) is 1. The van der Waals surface area contributed by atoms with Gasteiger partial charge in [-0.1, -0.05) is 28.1 Å². The summed E-state index contributed by atoms with van der Waals surface area (Å²) in [5, 5.41) is 0. The van der Waals surface area contributed by atoms with Gasteiger partial charge < -0.3 is 0 Å². The fourth-order valence-corrected chi connectivity index (χ4v) is 3.60. The molecule has 1 aromatic carbocycles. The van der Waals surface area contributed by atoms with E-state index in [0.717, 1.165) is 14.7 Å². The van der Waals surface area contributed by atoms with Gasteiger partial charge in [0.05, 0.1) is 9.83 Å². The second-order valence-corrected chi connectivity index (χ2v) is 7.54. The number of rotatable bonds is 4. The standard InChI is InChI=1S/C13H14Br2N2S/c1-8-6-9(2-4-11(8)14)12(17-16)7-10-3-5-13(15)18-10/h2-6,12,17H,7,16H2,1H3. The van der Waals surface area contributed by atoms with E-state index in [1.807, 2.05) is 0 Å². The van der Waals surface area contributed by atoms with E-state index in [-0.39, 0.29) is 6.04 Å². The molecule has 0 fully saturated rings. The van der Waals surface area contributed by atoms with E-state index < -0.39 is 0 Å². The van der Waals surface area contributed by atoms with Gasteiger partial charge in [0.2, 0.25) is 0 Å². The molecule has 0 aliphatic carbocycles. The van der Waals surface area contributed by atoms with E-state index in [2.05, 4.69) is 74.5 Å². The first kappa shape index (κ1) is 14.2. The van der Waals surface area contributed by atoms with E-state index in [1.165, 1.54) is 16.0 Å². The molecule has 2 rings (SSSR count). The van der Waals surface area contributed by atoms with Crippen LogP contribution in [0.1, 0.15) is 22.0 Å². The highest BCUT2D eigenvalue weighted by Gasteiger charge is 2.12. The largest absolute Gasteiger partial charge is 0.271 e. The molecule has 5 heteroatoms. The molecule has 2 nitrogen and oxygen atoms in total.